The lowest BCUT2D eigenvalue weighted by molar-refractivity contribution is -0.147. The quantitative estimate of drug-likeness (QED) is 0.418. The van der Waals surface area contributed by atoms with Crippen molar-refractivity contribution < 1.29 is 19.5 Å². The smallest absolute Gasteiger partial charge is 0.247 e. The molecule has 34 heavy (non-hydrogen) atoms. The summed E-state index contributed by atoms with van der Waals surface area (Å²) in [6.45, 7) is 7.70. The third-order valence-electron chi connectivity index (χ3n) is 8.26. The second-order valence-electron chi connectivity index (χ2n) is 10.3. The number of amides is 3. The normalized spacial score (nSPS) is 34.6. The molecule has 4 aliphatic rings. The van der Waals surface area contributed by atoms with Gasteiger partial charge in [0, 0.05) is 31.9 Å². The van der Waals surface area contributed by atoms with Gasteiger partial charge < -0.3 is 19.8 Å². The maximum atomic E-state index is 14.2. The summed E-state index contributed by atoms with van der Waals surface area (Å²) in [4.78, 5) is 47.1. The Hall–Kier alpha value is -1.80. The van der Waals surface area contributed by atoms with Gasteiger partial charge in [0.2, 0.25) is 17.7 Å². The zero-order valence-electron chi connectivity index (χ0n) is 20.9. The van der Waals surface area contributed by atoms with Crippen molar-refractivity contribution in [3.05, 3.63) is 24.3 Å². The number of rotatable bonds is 8. The molecular formula is C26H39N3O4S. The molecule has 188 valence electrons. The van der Waals surface area contributed by atoms with E-state index in [1.165, 1.54) is 0 Å². The van der Waals surface area contributed by atoms with Gasteiger partial charge in [0.15, 0.2) is 0 Å². The van der Waals surface area contributed by atoms with Crippen molar-refractivity contribution in [2.45, 2.75) is 68.5 Å². The number of hydrogen-bond donors (Lipinski definition) is 1. The van der Waals surface area contributed by atoms with E-state index in [4.69, 9.17) is 0 Å². The number of fused-ring (bicyclic) bond motifs is 2. The maximum absolute atomic E-state index is 14.2. The van der Waals surface area contributed by atoms with E-state index in [9.17, 15) is 19.5 Å². The zero-order chi connectivity index (χ0) is 24.6. The zero-order valence-corrected chi connectivity index (χ0v) is 21.7. The molecule has 4 rings (SSSR count). The third kappa shape index (κ3) is 3.91. The van der Waals surface area contributed by atoms with Crippen LogP contribution in [0.15, 0.2) is 24.3 Å². The summed E-state index contributed by atoms with van der Waals surface area (Å²) in [6.07, 6.45) is 12.0. The molecular weight excluding hydrogens is 450 g/mol. The first kappa shape index (κ1) is 25.3. The first-order valence-electron chi connectivity index (χ1n) is 12.8. The topological polar surface area (TPSA) is 81.2 Å². The van der Waals surface area contributed by atoms with Crippen LogP contribution in [0.2, 0.25) is 0 Å². The van der Waals surface area contributed by atoms with Crippen LogP contribution in [0.1, 0.15) is 46.5 Å². The van der Waals surface area contributed by atoms with Crippen LogP contribution in [-0.4, -0.2) is 92.9 Å². The fourth-order valence-electron chi connectivity index (χ4n) is 6.17. The number of likely N-dealkylation sites (tertiary alicyclic amines) is 1. The lowest BCUT2D eigenvalue weighted by Gasteiger charge is -2.40. The summed E-state index contributed by atoms with van der Waals surface area (Å²) in [7, 11) is 1.78. The summed E-state index contributed by atoms with van der Waals surface area (Å²) >= 11 is 1.61. The highest BCUT2D eigenvalue weighted by atomic mass is 32.2. The number of carbonyl (C=O) groups is 3. The fraction of sp³-hybridized carbons (Fsp3) is 0.731. The van der Waals surface area contributed by atoms with Crippen molar-refractivity contribution in [1.82, 2.24) is 14.7 Å². The Kier molecular flexibility index (Phi) is 7.48. The molecule has 7 nitrogen and oxygen atoms in total. The Morgan fingerprint density at radius 3 is 2.56 bits per heavy atom. The van der Waals surface area contributed by atoms with Crippen LogP contribution >= 0.6 is 11.8 Å². The maximum Gasteiger partial charge on any atom is 0.247 e. The van der Waals surface area contributed by atoms with E-state index < -0.39 is 28.7 Å². The molecule has 2 fully saturated rings. The Labute approximate surface area is 207 Å². The molecule has 0 aliphatic carbocycles. The minimum absolute atomic E-state index is 0.0339. The molecule has 0 aromatic rings. The van der Waals surface area contributed by atoms with Crippen molar-refractivity contribution in [3.8, 4) is 0 Å². The average Bonchev–Trinajstić information content (AvgIpc) is 3.15. The van der Waals surface area contributed by atoms with Gasteiger partial charge in [0.1, 0.15) is 6.04 Å². The van der Waals surface area contributed by atoms with Gasteiger partial charge in [-0.15, -0.1) is 11.8 Å². The van der Waals surface area contributed by atoms with Crippen molar-refractivity contribution in [1.29, 1.82) is 0 Å². The third-order valence-corrected chi connectivity index (χ3v) is 10.0. The number of nitrogens with zero attached hydrogens (tertiary/aromatic N) is 3. The summed E-state index contributed by atoms with van der Waals surface area (Å²) in [5, 5.41) is 10.3. The number of unbranched alkanes of at least 4 members (excludes halogenated alkanes) is 2. The fourth-order valence-corrected chi connectivity index (χ4v) is 8.17. The lowest BCUT2D eigenvalue weighted by Crippen LogP contribution is -2.57. The van der Waals surface area contributed by atoms with Gasteiger partial charge in [-0.05, 0) is 12.3 Å². The monoisotopic (exact) mass is 489 g/mol. The van der Waals surface area contributed by atoms with Crippen molar-refractivity contribution in [2.75, 3.05) is 33.3 Å². The number of aliphatic hydroxyl groups is 1. The second kappa shape index (κ2) is 10.1. The molecule has 0 aromatic heterocycles. The van der Waals surface area contributed by atoms with Crippen LogP contribution in [0, 0.1) is 17.8 Å². The van der Waals surface area contributed by atoms with Crippen LogP contribution < -0.4 is 0 Å². The largest absolute Gasteiger partial charge is 0.394 e. The SMILES string of the molecule is CCCCCN1CC=C[C@]23S[C@@H]4C=CCN(C)C(=O)[C@@H]4[C@H]2C(=O)N([C@@H](CO)[C@@H](C)CC)C3C1=O. The van der Waals surface area contributed by atoms with Gasteiger partial charge in [0.05, 0.1) is 29.2 Å². The molecule has 1 unspecified atom stereocenters. The van der Waals surface area contributed by atoms with Gasteiger partial charge in [0.25, 0.3) is 0 Å². The van der Waals surface area contributed by atoms with Gasteiger partial charge in [-0.2, -0.15) is 0 Å². The highest BCUT2D eigenvalue weighted by Gasteiger charge is 2.71. The summed E-state index contributed by atoms with van der Waals surface area (Å²) in [5.74, 6) is -1.32. The van der Waals surface area contributed by atoms with Gasteiger partial charge >= 0.3 is 0 Å². The van der Waals surface area contributed by atoms with Crippen molar-refractivity contribution in [3.63, 3.8) is 0 Å². The molecule has 0 saturated carbocycles. The van der Waals surface area contributed by atoms with E-state index in [1.54, 1.807) is 28.6 Å². The lowest BCUT2D eigenvalue weighted by atomic mass is 9.78. The number of likely N-dealkylation sites (N-methyl/N-ethyl adjacent to an activating group) is 1. The average molecular weight is 490 g/mol. The number of aliphatic hydroxyl groups excluding tert-OH is 1. The first-order valence-corrected chi connectivity index (χ1v) is 13.7. The van der Waals surface area contributed by atoms with Gasteiger partial charge in [-0.25, -0.2) is 0 Å². The van der Waals surface area contributed by atoms with E-state index >= 15 is 0 Å². The van der Waals surface area contributed by atoms with E-state index in [1.807, 2.05) is 30.9 Å². The summed E-state index contributed by atoms with van der Waals surface area (Å²) < 4.78 is -0.804. The van der Waals surface area contributed by atoms with E-state index in [-0.39, 0.29) is 35.5 Å². The molecule has 1 N–H and O–H groups in total. The predicted molar refractivity (Wildman–Crippen MR) is 134 cm³/mol. The Balaban J connectivity index is 1.81. The van der Waals surface area contributed by atoms with Crippen LogP contribution in [-0.2, 0) is 14.4 Å². The van der Waals surface area contributed by atoms with Crippen LogP contribution in [0.5, 0.6) is 0 Å². The second-order valence-corrected chi connectivity index (χ2v) is 11.8. The highest BCUT2D eigenvalue weighted by Crippen LogP contribution is 2.61. The molecule has 8 heteroatoms. The molecule has 3 amide bonds. The number of carbonyl (C=O) groups excluding carboxylic acids is 3. The van der Waals surface area contributed by atoms with E-state index in [0.29, 0.717) is 19.6 Å². The number of hydrogen-bond acceptors (Lipinski definition) is 5. The molecule has 1 spiro atoms. The molecule has 2 saturated heterocycles. The Morgan fingerprint density at radius 1 is 1.12 bits per heavy atom. The Morgan fingerprint density at radius 2 is 1.88 bits per heavy atom. The van der Waals surface area contributed by atoms with Crippen molar-refractivity contribution >= 4 is 29.5 Å². The van der Waals surface area contributed by atoms with Gasteiger partial charge in [-0.1, -0.05) is 64.3 Å². The molecule has 0 bridgehead atoms. The predicted octanol–water partition coefficient (Wildman–Crippen LogP) is 2.31. The molecule has 0 aromatic carbocycles. The number of thioether (sulfide) groups is 1. The summed E-state index contributed by atoms with van der Waals surface area (Å²) in [6, 6.07) is -1.16. The standard InChI is InChI=1S/C26H39N3O4S/c1-5-7-8-14-28-15-10-12-26-21(20-19(34-26)11-9-13-27(4)23(20)31)24(32)29(22(26)25(28)33)18(16-30)17(3)6-2/h9-12,17-22,30H,5-8,13-16H2,1-4H3/t17-,18-,19+,20-,21-,22?,26-/m0/s1. The molecule has 7 atom stereocenters. The van der Waals surface area contributed by atoms with Crippen LogP contribution in [0.25, 0.3) is 0 Å². The van der Waals surface area contributed by atoms with Crippen LogP contribution in [0.3, 0.4) is 0 Å². The minimum atomic E-state index is -0.804. The highest BCUT2D eigenvalue weighted by molar-refractivity contribution is 8.02. The van der Waals surface area contributed by atoms with Crippen LogP contribution in [0.4, 0.5) is 0 Å². The van der Waals surface area contributed by atoms with E-state index in [0.717, 1.165) is 25.7 Å². The minimum Gasteiger partial charge on any atom is -0.394 e. The van der Waals surface area contributed by atoms with E-state index in [2.05, 4.69) is 19.1 Å². The molecule has 4 aliphatic heterocycles. The Bertz CT molecular complexity index is 876. The first-order chi connectivity index (χ1) is 16.3. The van der Waals surface area contributed by atoms with Crippen molar-refractivity contribution in [2.24, 2.45) is 17.8 Å². The summed E-state index contributed by atoms with van der Waals surface area (Å²) in [5.41, 5.74) is 0. The molecule has 0 radical (unpaired) electrons. The molecule has 4 heterocycles. The van der Waals surface area contributed by atoms with Gasteiger partial charge in [-0.3, -0.25) is 14.4 Å².